The molecular weight excluding hydrogens is 1200 g/mol. The van der Waals surface area contributed by atoms with Gasteiger partial charge in [0.05, 0.1) is 0 Å². The van der Waals surface area contributed by atoms with Crippen LogP contribution in [0.3, 0.4) is 0 Å². The summed E-state index contributed by atoms with van der Waals surface area (Å²) in [5.74, 6) is 2.09. The fourth-order valence-electron chi connectivity index (χ4n) is 14.7. The van der Waals surface area contributed by atoms with Crippen molar-refractivity contribution in [3.8, 4) is 28.7 Å². The molecule has 5 N–H and O–H groups in total. The van der Waals surface area contributed by atoms with Gasteiger partial charge < -0.3 is 25.5 Å². The molecule has 0 aliphatic heterocycles. The van der Waals surface area contributed by atoms with Crippen LogP contribution in [0.2, 0.25) is 0 Å². The van der Waals surface area contributed by atoms with Crippen LogP contribution in [0.25, 0.3) is 0 Å². The molecule has 7 aromatic carbocycles. The smallest absolute Gasteiger partial charge is 0.123 e. The van der Waals surface area contributed by atoms with E-state index in [1.54, 1.807) is 0 Å². The molecule has 0 bridgehead atoms. The minimum absolute atomic E-state index is 0.156. The van der Waals surface area contributed by atoms with Crippen LogP contribution in [-0.4, -0.2) is 25.5 Å². The Morgan fingerprint density at radius 2 is 0.296 bits per heavy atom. The second kappa shape index (κ2) is 27.5. The van der Waals surface area contributed by atoms with Crippen molar-refractivity contribution < 1.29 is 25.5 Å². The largest absolute Gasteiger partial charge is 0.507 e. The number of rotatable bonds is 10. The Kier molecular flexibility index (Phi) is 22.6. The van der Waals surface area contributed by atoms with Crippen LogP contribution in [0.15, 0.2) is 66.7 Å². The molecule has 536 valence electrons. The van der Waals surface area contributed by atoms with Crippen LogP contribution in [0.1, 0.15) is 352 Å². The molecule has 7 rings (SSSR count). The Bertz CT molecular complexity index is 3570. The van der Waals surface area contributed by atoms with E-state index >= 15 is 0 Å². The summed E-state index contributed by atoms with van der Waals surface area (Å²) >= 11 is 0. The molecule has 0 heterocycles. The van der Waals surface area contributed by atoms with Gasteiger partial charge in [0, 0.05) is 0 Å². The lowest BCUT2D eigenvalue weighted by molar-refractivity contribution is 0.422. The van der Waals surface area contributed by atoms with Crippen LogP contribution >= 0.6 is 0 Å². The maximum Gasteiger partial charge on any atom is 0.123 e. The molecule has 0 unspecified atom stereocenters. The second-order valence-electron chi connectivity index (χ2n) is 40.0. The highest BCUT2D eigenvalue weighted by molar-refractivity contribution is 5.61. The van der Waals surface area contributed by atoms with E-state index < -0.39 is 0 Å². The monoisotopic (exact) mass is 1330 g/mol. The van der Waals surface area contributed by atoms with Gasteiger partial charge in [-0.25, -0.2) is 0 Å². The number of phenols is 5. The van der Waals surface area contributed by atoms with Gasteiger partial charge in [0.25, 0.3) is 0 Å². The number of phenolic OH excluding ortho intramolecular Hbond substituents is 5. The van der Waals surface area contributed by atoms with Gasteiger partial charge >= 0.3 is 0 Å². The standard InChI is InChI=1S/C54H78O3.C39H56O2/c1-31-37(22-34-25-40(49(4,5)6)46(55)41(26-34)50(7,8)9)32(2)39(24-36-29-44(53(16,17)18)48(57)45(30-36)54(19,20)21)33(3)38(31)23-35-27-42(51(10,11)12)47(56)43(28-35)52(13,14)15;1-23-16-24(2)29(18-27-21-32(38(10,11)12)35(41)33(22-27)39(13,14)15)25(3)28(23)17-26-19-30(36(4,5)6)34(40)31(20-26)37(7,8)9/h25-30,55-57H,22-24H2,1-21H3;16,19-22,40-41H,17-18H2,1-15H3. The van der Waals surface area contributed by atoms with Crippen molar-refractivity contribution in [3.05, 3.63) is 211 Å². The summed E-state index contributed by atoms with van der Waals surface area (Å²) in [4.78, 5) is 0. The molecule has 98 heavy (non-hydrogen) atoms. The third-order valence-corrected chi connectivity index (χ3v) is 20.8. The number of hydrogen-bond acceptors (Lipinski definition) is 5. The minimum atomic E-state index is -0.226. The van der Waals surface area contributed by atoms with Gasteiger partial charge in [-0.1, -0.05) is 274 Å². The summed E-state index contributed by atoms with van der Waals surface area (Å²) in [5.41, 5.74) is 28.6. The molecule has 0 saturated heterocycles. The zero-order valence-electron chi connectivity index (χ0n) is 68.6. The molecule has 7 aromatic rings. The van der Waals surface area contributed by atoms with Crippen molar-refractivity contribution in [3.63, 3.8) is 0 Å². The fourth-order valence-corrected chi connectivity index (χ4v) is 14.7. The lowest BCUT2D eigenvalue weighted by Gasteiger charge is -2.30. The molecule has 0 fully saturated rings. The molecule has 0 spiro atoms. The summed E-state index contributed by atoms with van der Waals surface area (Å²) < 4.78 is 0. The molecule has 0 radical (unpaired) electrons. The minimum Gasteiger partial charge on any atom is -0.507 e. The molecule has 5 nitrogen and oxygen atoms in total. The highest BCUT2D eigenvalue weighted by Gasteiger charge is 2.34. The van der Waals surface area contributed by atoms with E-state index in [1.807, 2.05) is 0 Å². The van der Waals surface area contributed by atoms with Gasteiger partial charge in [-0.05, 0) is 272 Å². The Hall–Kier alpha value is -6.46. The average molecular weight is 1330 g/mol. The summed E-state index contributed by atoms with van der Waals surface area (Å²) in [6.45, 7) is 79.0. The van der Waals surface area contributed by atoms with Gasteiger partial charge in [0.15, 0.2) is 0 Å². The van der Waals surface area contributed by atoms with Crippen LogP contribution in [-0.2, 0) is 86.3 Å². The lowest BCUT2D eigenvalue weighted by Crippen LogP contribution is -2.19. The van der Waals surface area contributed by atoms with Crippen molar-refractivity contribution in [2.75, 3.05) is 0 Å². The predicted octanol–water partition coefficient (Wildman–Crippen LogP) is 24.7. The van der Waals surface area contributed by atoms with Crippen LogP contribution in [0, 0.1) is 41.5 Å². The molecule has 5 heteroatoms. The van der Waals surface area contributed by atoms with Crippen molar-refractivity contribution in [1.29, 1.82) is 0 Å². The highest BCUT2D eigenvalue weighted by Crippen LogP contribution is 2.48. The van der Waals surface area contributed by atoms with Gasteiger partial charge in [-0.2, -0.15) is 0 Å². The van der Waals surface area contributed by atoms with Gasteiger partial charge in [0.2, 0.25) is 0 Å². The summed E-state index contributed by atoms with van der Waals surface area (Å²) in [6.07, 6.45) is 3.89. The van der Waals surface area contributed by atoms with Crippen molar-refractivity contribution in [1.82, 2.24) is 0 Å². The maximum absolute atomic E-state index is 11.6. The van der Waals surface area contributed by atoms with Gasteiger partial charge in [-0.3, -0.25) is 0 Å². The summed E-state index contributed by atoms with van der Waals surface area (Å²) in [6, 6.07) is 24.6. The number of benzene rings is 7. The fraction of sp³-hybridized carbons (Fsp3) is 0.548. The van der Waals surface area contributed by atoms with E-state index in [2.05, 4.69) is 316 Å². The van der Waals surface area contributed by atoms with E-state index in [-0.39, 0.29) is 54.1 Å². The van der Waals surface area contributed by atoms with E-state index in [4.69, 9.17) is 0 Å². The van der Waals surface area contributed by atoms with E-state index in [1.165, 1.54) is 89.0 Å². The van der Waals surface area contributed by atoms with Crippen molar-refractivity contribution in [2.24, 2.45) is 0 Å². The van der Waals surface area contributed by atoms with E-state index in [0.717, 1.165) is 87.7 Å². The van der Waals surface area contributed by atoms with Crippen LogP contribution in [0.4, 0.5) is 0 Å². The Labute approximate surface area is 597 Å². The van der Waals surface area contributed by atoms with Crippen LogP contribution < -0.4 is 0 Å². The first-order valence-electron chi connectivity index (χ1n) is 36.5. The third-order valence-electron chi connectivity index (χ3n) is 20.8. The first-order valence-corrected chi connectivity index (χ1v) is 36.5. The van der Waals surface area contributed by atoms with Crippen molar-refractivity contribution >= 4 is 0 Å². The number of aromatic hydroxyl groups is 5. The zero-order valence-corrected chi connectivity index (χ0v) is 68.6. The van der Waals surface area contributed by atoms with E-state index in [0.29, 0.717) is 28.7 Å². The maximum atomic E-state index is 11.6. The Morgan fingerprint density at radius 3 is 0.418 bits per heavy atom. The molecule has 0 aliphatic rings. The predicted molar refractivity (Wildman–Crippen MR) is 423 cm³/mol. The molecule has 0 amide bonds. The van der Waals surface area contributed by atoms with Gasteiger partial charge in [0.1, 0.15) is 28.7 Å². The normalized spacial score (nSPS) is 13.3. The first-order chi connectivity index (χ1) is 44.0. The summed E-state index contributed by atoms with van der Waals surface area (Å²) in [7, 11) is 0. The molecule has 0 aliphatic carbocycles. The second-order valence-corrected chi connectivity index (χ2v) is 40.0. The molecular formula is C93H134O5. The molecule has 0 atom stereocenters. The quantitative estimate of drug-likeness (QED) is 0.0939. The topological polar surface area (TPSA) is 101 Å². The van der Waals surface area contributed by atoms with Crippen LogP contribution in [0.5, 0.6) is 28.7 Å². The van der Waals surface area contributed by atoms with Crippen molar-refractivity contribution in [2.45, 2.75) is 336 Å². The highest BCUT2D eigenvalue weighted by atomic mass is 16.3. The third kappa shape index (κ3) is 18.0. The lowest BCUT2D eigenvalue weighted by atomic mass is 9.75. The number of hydrogen-bond donors (Lipinski definition) is 5. The molecule has 0 aromatic heterocycles. The molecule has 0 saturated carbocycles. The number of aryl methyl sites for hydroxylation is 2. The Balaban J connectivity index is 0.000000326. The Morgan fingerprint density at radius 1 is 0.184 bits per heavy atom. The summed E-state index contributed by atoms with van der Waals surface area (Å²) in [5, 5.41) is 57.4. The van der Waals surface area contributed by atoms with Gasteiger partial charge in [-0.15, -0.1) is 0 Å². The SMILES string of the molecule is Cc1c(Cc2cc(C(C)(C)C)c(O)c(C(C)(C)C)c2)c(C)c(Cc2cc(C(C)(C)C)c(O)c(C(C)(C)C)c2)c(C)c1Cc1cc(C(C)(C)C)c(O)c(C(C)(C)C)c1.Cc1cc(C)c(Cc2cc(C(C)(C)C)c(O)c(C(C)(C)C)c2)c(C)c1Cc1cc(C(C)(C)C)c(O)c(C(C)(C)C)c1. The zero-order chi connectivity index (χ0) is 75.2. The first kappa shape index (κ1) is 80.5. The average Bonchev–Trinajstić information content (AvgIpc) is 0.772. The van der Waals surface area contributed by atoms with E-state index in [9.17, 15) is 25.5 Å².